The fourth-order valence-corrected chi connectivity index (χ4v) is 6.80. The highest BCUT2D eigenvalue weighted by Gasteiger charge is 2.24. The SMILES string of the molecule is CCCCCCCCCCCCCCCCCC(=O)NC1CN(CC)C(CCCCCCCCCCCCCCCCC)=N1. The van der Waals surface area contributed by atoms with Gasteiger partial charge in [0.2, 0.25) is 5.91 Å². The van der Waals surface area contributed by atoms with Crippen LogP contribution in [0.3, 0.4) is 0 Å². The van der Waals surface area contributed by atoms with Gasteiger partial charge in [-0.15, -0.1) is 0 Å². The lowest BCUT2D eigenvalue weighted by Gasteiger charge is -2.19. The molecule has 1 heterocycles. The second-order valence-electron chi connectivity index (χ2n) is 14.1. The third kappa shape index (κ3) is 25.2. The van der Waals surface area contributed by atoms with Gasteiger partial charge in [0.25, 0.3) is 0 Å². The van der Waals surface area contributed by atoms with Crippen molar-refractivity contribution in [2.24, 2.45) is 4.99 Å². The molecule has 0 bridgehead atoms. The number of carbonyl (C=O) groups excluding carboxylic acids is 1. The molecule has 1 aliphatic heterocycles. The molecule has 4 nitrogen and oxygen atoms in total. The number of aliphatic imine (C=N–C) groups is 1. The second kappa shape index (κ2) is 31.9. The minimum atomic E-state index is -0.0369. The van der Waals surface area contributed by atoms with Gasteiger partial charge in [0.15, 0.2) is 0 Å². The summed E-state index contributed by atoms with van der Waals surface area (Å²) in [5, 5.41) is 3.21. The van der Waals surface area contributed by atoms with E-state index < -0.39 is 0 Å². The van der Waals surface area contributed by atoms with Crippen molar-refractivity contribution >= 4 is 11.7 Å². The van der Waals surface area contributed by atoms with Crippen LogP contribution in [0.1, 0.15) is 226 Å². The van der Waals surface area contributed by atoms with E-state index in [2.05, 4.69) is 31.0 Å². The maximum atomic E-state index is 12.5. The van der Waals surface area contributed by atoms with Crippen molar-refractivity contribution in [2.75, 3.05) is 13.1 Å². The van der Waals surface area contributed by atoms with E-state index in [4.69, 9.17) is 4.99 Å². The van der Waals surface area contributed by atoms with Gasteiger partial charge in [0.05, 0.1) is 6.54 Å². The van der Waals surface area contributed by atoms with E-state index in [9.17, 15) is 4.79 Å². The molecule has 0 spiro atoms. The van der Waals surface area contributed by atoms with E-state index in [1.54, 1.807) is 0 Å². The average molecular weight is 618 g/mol. The maximum Gasteiger partial charge on any atom is 0.221 e. The summed E-state index contributed by atoms with van der Waals surface area (Å²) in [7, 11) is 0. The lowest BCUT2D eigenvalue weighted by Crippen LogP contribution is -2.38. The first-order valence-electron chi connectivity index (χ1n) is 20.3. The molecule has 0 aromatic rings. The van der Waals surface area contributed by atoms with Gasteiger partial charge in [-0.25, -0.2) is 4.99 Å². The van der Waals surface area contributed by atoms with Crippen molar-refractivity contribution in [1.29, 1.82) is 0 Å². The zero-order valence-electron chi connectivity index (χ0n) is 30.4. The summed E-state index contributed by atoms with van der Waals surface area (Å²) in [6.07, 6.45) is 43.1. The Bertz CT molecular complexity index is 649. The van der Waals surface area contributed by atoms with Crippen LogP contribution in [-0.4, -0.2) is 35.9 Å². The number of likely N-dealkylation sites (N-methyl/N-ethyl adjacent to an activating group) is 1. The summed E-state index contributed by atoms with van der Waals surface area (Å²) in [6, 6.07) is 0. The van der Waals surface area contributed by atoms with Gasteiger partial charge in [0, 0.05) is 19.4 Å². The van der Waals surface area contributed by atoms with Crippen molar-refractivity contribution in [3.8, 4) is 0 Å². The first-order chi connectivity index (χ1) is 21.7. The number of amidine groups is 1. The summed E-state index contributed by atoms with van der Waals surface area (Å²) < 4.78 is 0. The summed E-state index contributed by atoms with van der Waals surface area (Å²) in [6.45, 7) is 8.64. The van der Waals surface area contributed by atoms with E-state index >= 15 is 0 Å². The third-order valence-corrected chi connectivity index (χ3v) is 9.78. The number of amides is 1. The quantitative estimate of drug-likeness (QED) is 0.0730. The molecule has 44 heavy (non-hydrogen) atoms. The Morgan fingerprint density at radius 2 is 0.886 bits per heavy atom. The van der Waals surface area contributed by atoms with Gasteiger partial charge >= 0.3 is 0 Å². The molecule has 0 radical (unpaired) electrons. The molecule has 1 rings (SSSR count). The standard InChI is InChI=1S/C40H79N3O/c1-4-7-9-11-13-15-17-19-21-23-25-27-29-31-33-35-39-41-38(37-43(39)6-3)42-40(44)36-34-32-30-28-26-24-22-20-18-16-14-12-10-8-5-2/h38H,4-37H2,1-3H3,(H,42,44). The molecule has 0 fully saturated rings. The Hall–Kier alpha value is -1.06. The largest absolute Gasteiger partial charge is 0.357 e. The first kappa shape index (κ1) is 41.0. The smallest absolute Gasteiger partial charge is 0.221 e. The van der Waals surface area contributed by atoms with Crippen LogP contribution in [0.25, 0.3) is 0 Å². The average Bonchev–Trinajstić information content (AvgIpc) is 3.42. The highest BCUT2D eigenvalue weighted by Crippen LogP contribution is 2.17. The van der Waals surface area contributed by atoms with E-state index in [0.29, 0.717) is 6.42 Å². The zero-order chi connectivity index (χ0) is 31.8. The van der Waals surface area contributed by atoms with E-state index in [1.807, 2.05) is 0 Å². The zero-order valence-corrected chi connectivity index (χ0v) is 30.4. The lowest BCUT2D eigenvalue weighted by atomic mass is 10.0. The van der Waals surface area contributed by atoms with Gasteiger partial charge in [-0.1, -0.05) is 194 Å². The number of nitrogens with one attached hydrogen (secondary N) is 1. The molecule has 1 atom stereocenters. The van der Waals surface area contributed by atoms with Crippen molar-refractivity contribution < 1.29 is 4.79 Å². The Labute approximate surface area is 276 Å². The van der Waals surface area contributed by atoms with Crippen LogP contribution in [0.4, 0.5) is 0 Å². The monoisotopic (exact) mass is 618 g/mol. The van der Waals surface area contributed by atoms with Crippen LogP contribution in [0, 0.1) is 0 Å². The van der Waals surface area contributed by atoms with Gasteiger partial charge in [-0.3, -0.25) is 4.79 Å². The Balaban J connectivity index is 1.94. The van der Waals surface area contributed by atoms with E-state index in [0.717, 1.165) is 25.9 Å². The second-order valence-corrected chi connectivity index (χ2v) is 14.1. The van der Waals surface area contributed by atoms with Crippen LogP contribution in [-0.2, 0) is 4.79 Å². The normalized spacial score (nSPS) is 14.8. The molecule has 4 heteroatoms. The predicted octanol–water partition coefficient (Wildman–Crippen LogP) is 12.7. The molecular weight excluding hydrogens is 538 g/mol. The van der Waals surface area contributed by atoms with E-state index in [1.165, 1.54) is 192 Å². The van der Waals surface area contributed by atoms with Crippen LogP contribution >= 0.6 is 0 Å². The Kier molecular flexibility index (Phi) is 29.7. The Morgan fingerprint density at radius 1 is 0.545 bits per heavy atom. The summed E-state index contributed by atoms with van der Waals surface area (Å²) >= 11 is 0. The molecule has 0 saturated carbocycles. The molecule has 0 aromatic carbocycles. The van der Waals surface area contributed by atoms with Gasteiger partial charge in [-0.05, 0) is 19.8 Å². The molecule has 1 aliphatic rings. The molecule has 1 N–H and O–H groups in total. The number of rotatable bonds is 34. The van der Waals surface area contributed by atoms with E-state index in [-0.39, 0.29) is 12.1 Å². The third-order valence-electron chi connectivity index (χ3n) is 9.78. The van der Waals surface area contributed by atoms with Crippen molar-refractivity contribution in [3.05, 3.63) is 0 Å². The fourth-order valence-electron chi connectivity index (χ4n) is 6.80. The number of hydrogen-bond acceptors (Lipinski definition) is 3. The molecule has 0 aromatic heterocycles. The number of nitrogens with zero attached hydrogens (tertiary/aromatic N) is 2. The van der Waals surface area contributed by atoms with Crippen molar-refractivity contribution in [2.45, 2.75) is 232 Å². The van der Waals surface area contributed by atoms with Crippen LogP contribution in [0.15, 0.2) is 4.99 Å². The maximum absolute atomic E-state index is 12.5. The number of carbonyl (C=O) groups is 1. The van der Waals surface area contributed by atoms with Gasteiger partial charge in [0.1, 0.15) is 12.0 Å². The number of hydrogen-bond donors (Lipinski definition) is 1. The van der Waals surface area contributed by atoms with Crippen LogP contribution in [0.5, 0.6) is 0 Å². The highest BCUT2D eigenvalue weighted by atomic mass is 16.1. The molecular formula is C40H79N3O. The van der Waals surface area contributed by atoms with Gasteiger partial charge < -0.3 is 10.2 Å². The summed E-state index contributed by atoms with van der Waals surface area (Å²) in [5.41, 5.74) is 0. The highest BCUT2D eigenvalue weighted by molar-refractivity contribution is 5.85. The summed E-state index contributed by atoms with van der Waals surface area (Å²) in [5.74, 6) is 1.41. The fraction of sp³-hybridized carbons (Fsp3) is 0.950. The predicted molar refractivity (Wildman–Crippen MR) is 196 cm³/mol. The minimum absolute atomic E-state index is 0.0369. The van der Waals surface area contributed by atoms with Crippen LogP contribution in [0.2, 0.25) is 0 Å². The first-order valence-corrected chi connectivity index (χ1v) is 20.3. The summed E-state index contributed by atoms with van der Waals surface area (Å²) in [4.78, 5) is 19.8. The molecule has 260 valence electrons. The molecule has 0 saturated heterocycles. The molecule has 0 aliphatic carbocycles. The Morgan fingerprint density at radius 3 is 1.25 bits per heavy atom. The minimum Gasteiger partial charge on any atom is -0.357 e. The molecule has 1 amide bonds. The lowest BCUT2D eigenvalue weighted by molar-refractivity contribution is -0.121. The van der Waals surface area contributed by atoms with Crippen molar-refractivity contribution in [3.63, 3.8) is 0 Å². The van der Waals surface area contributed by atoms with Crippen molar-refractivity contribution in [1.82, 2.24) is 10.2 Å². The van der Waals surface area contributed by atoms with Gasteiger partial charge in [-0.2, -0.15) is 0 Å². The number of unbranched alkanes of at least 4 members (excludes halogenated alkanes) is 28. The molecule has 1 unspecified atom stereocenters. The topological polar surface area (TPSA) is 44.7 Å². The van der Waals surface area contributed by atoms with Crippen LogP contribution < -0.4 is 5.32 Å².